The molecule has 1 amide bonds. The maximum absolute atomic E-state index is 12.5. The number of nitrogens with one attached hydrogen (secondary N) is 2. The van der Waals surface area contributed by atoms with Crippen LogP contribution in [0.2, 0.25) is 0 Å². The number of carbonyl (C=O) groups is 1. The normalized spacial score (nSPS) is 24.9. The van der Waals surface area contributed by atoms with Gasteiger partial charge in [-0.3, -0.25) is 4.79 Å². The van der Waals surface area contributed by atoms with Gasteiger partial charge in [-0.15, -0.1) is 0 Å². The molecule has 1 aromatic rings. The average Bonchev–Trinajstić information content (AvgIpc) is 2.79. The fourth-order valence-electron chi connectivity index (χ4n) is 3.05. The number of aromatic nitrogens is 1. The molecule has 2 rings (SSSR count). The minimum Gasteiger partial charge on any atom is -0.373 e. The van der Waals surface area contributed by atoms with E-state index in [1.165, 1.54) is 6.42 Å². The number of pyridine rings is 1. The zero-order valence-electron chi connectivity index (χ0n) is 13.6. The lowest BCUT2D eigenvalue weighted by Crippen LogP contribution is -2.37. The van der Waals surface area contributed by atoms with Crippen molar-refractivity contribution in [3.8, 4) is 0 Å². The summed E-state index contributed by atoms with van der Waals surface area (Å²) in [5, 5.41) is 6.24. The van der Waals surface area contributed by atoms with Crippen molar-refractivity contribution in [3.63, 3.8) is 0 Å². The SMILES string of the molecule is CCCc1cc(C(=O)NC2CCC(C)C2C)cc(NC)n1. The van der Waals surface area contributed by atoms with Crippen LogP contribution in [0.4, 0.5) is 5.82 Å². The minimum absolute atomic E-state index is 0.0252. The molecule has 3 atom stereocenters. The second-order valence-electron chi connectivity index (χ2n) is 6.23. The second-order valence-corrected chi connectivity index (χ2v) is 6.23. The Morgan fingerprint density at radius 2 is 2.10 bits per heavy atom. The third kappa shape index (κ3) is 3.74. The Hall–Kier alpha value is -1.58. The molecule has 4 heteroatoms. The van der Waals surface area contributed by atoms with Crippen LogP contribution in [0, 0.1) is 11.8 Å². The largest absolute Gasteiger partial charge is 0.373 e. The lowest BCUT2D eigenvalue weighted by molar-refractivity contribution is 0.0927. The van der Waals surface area contributed by atoms with E-state index in [2.05, 4.69) is 36.4 Å². The van der Waals surface area contributed by atoms with Crippen molar-refractivity contribution in [2.75, 3.05) is 12.4 Å². The van der Waals surface area contributed by atoms with Gasteiger partial charge in [0.25, 0.3) is 5.91 Å². The van der Waals surface area contributed by atoms with Crippen molar-refractivity contribution < 1.29 is 4.79 Å². The molecule has 2 N–H and O–H groups in total. The van der Waals surface area contributed by atoms with Crippen LogP contribution in [0.15, 0.2) is 12.1 Å². The van der Waals surface area contributed by atoms with Gasteiger partial charge in [0.1, 0.15) is 5.82 Å². The first-order valence-electron chi connectivity index (χ1n) is 8.04. The van der Waals surface area contributed by atoms with Crippen molar-refractivity contribution >= 4 is 11.7 Å². The van der Waals surface area contributed by atoms with E-state index in [0.717, 1.165) is 30.8 Å². The Morgan fingerprint density at radius 1 is 1.33 bits per heavy atom. The van der Waals surface area contributed by atoms with E-state index < -0.39 is 0 Å². The molecule has 0 aromatic carbocycles. The van der Waals surface area contributed by atoms with Crippen LogP contribution in [0.3, 0.4) is 0 Å². The first-order chi connectivity index (χ1) is 10.0. The van der Waals surface area contributed by atoms with Crippen molar-refractivity contribution in [1.29, 1.82) is 0 Å². The summed E-state index contributed by atoms with van der Waals surface area (Å²) in [6.07, 6.45) is 4.20. The lowest BCUT2D eigenvalue weighted by atomic mass is 9.97. The number of hydrogen-bond donors (Lipinski definition) is 2. The van der Waals surface area contributed by atoms with E-state index in [1.807, 2.05) is 19.2 Å². The number of carbonyl (C=O) groups excluding carboxylic acids is 1. The number of nitrogens with zero attached hydrogens (tertiary/aromatic N) is 1. The summed E-state index contributed by atoms with van der Waals surface area (Å²) in [6, 6.07) is 4.05. The van der Waals surface area contributed by atoms with E-state index in [-0.39, 0.29) is 5.91 Å². The molecule has 0 spiro atoms. The van der Waals surface area contributed by atoms with Gasteiger partial charge in [0.2, 0.25) is 0 Å². The highest BCUT2D eigenvalue weighted by molar-refractivity contribution is 5.95. The summed E-state index contributed by atoms with van der Waals surface area (Å²) < 4.78 is 0. The van der Waals surface area contributed by atoms with Crippen LogP contribution in [-0.2, 0) is 6.42 Å². The predicted molar refractivity (Wildman–Crippen MR) is 86.6 cm³/mol. The number of rotatable bonds is 5. The number of hydrogen-bond acceptors (Lipinski definition) is 3. The molecule has 21 heavy (non-hydrogen) atoms. The predicted octanol–water partition coefficient (Wildman–Crippen LogP) is 3.24. The molecule has 1 aromatic heterocycles. The van der Waals surface area contributed by atoms with Gasteiger partial charge >= 0.3 is 0 Å². The molecule has 3 unspecified atom stereocenters. The summed E-state index contributed by atoms with van der Waals surface area (Å²) in [7, 11) is 1.83. The highest BCUT2D eigenvalue weighted by Gasteiger charge is 2.30. The molecule has 1 saturated carbocycles. The molecule has 4 nitrogen and oxygen atoms in total. The van der Waals surface area contributed by atoms with Crippen molar-refractivity contribution in [3.05, 3.63) is 23.4 Å². The molecule has 1 fully saturated rings. The van der Waals surface area contributed by atoms with Crippen LogP contribution in [-0.4, -0.2) is 24.0 Å². The first-order valence-corrected chi connectivity index (χ1v) is 8.04. The van der Waals surface area contributed by atoms with Crippen LogP contribution in [0.1, 0.15) is 56.1 Å². The van der Waals surface area contributed by atoms with E-state index in [4.69, 9.17) is 0 Å². The fraction of sp³-hybridized carbons (Fsp3) is 0.647. The maximum Gasteiger partial charge on any atom is 0.251 e. The summed E-state index contributed by atoms with van der Waals surface area (Å²) in [4.78, 5) is 17.0. The Kier molecular flexibility index (Phi) is 5.21. The monoisotopic (exact) mass is 289 g/mol. The maximum atomic E-state index is 12.5. The van der Waals surface area contributed by atoms with Gasteiger partial charge in [-0.2, -0.15) is 0 Å². The lowest BCUT2D eigenvalue weighted by Gasteiger charge is -2.20. The summed E-state index contributed by atoms with van der Waals surface area (Å²) in [5.74, 6) is 2.03. The summed E-state index contributed by atoms with van der Waals surface area (Å²) in [6.45, 7) is 6.62. The topological polar surface area (TPSA) is 54.0 Å². The Morgan fingerprint density at radius 3 is 2.67 bits per heavy atom. The van der Waals surface area contributed by atoms with Crippen LogP contribution in [0.25, 0.3) is 0 Å². The molecule has 1 aliphatic rings. The van der Waals surface area contributed by atoms with Gasteiger partial charge in [0.15, 0.2) is 0 Å². The van der Waals surface area contributed by atoms with E-state index >= 15 is 0 Å². The van der Waals surface area contributed by atoms with Crippen LogP contribution < -0.4 is 10.6 Å². The number of aryl methyl sites for hydroxylation is 1. The molecule has 0 radical (unpaired) electrons. The number of amides is 1. The van der Waals surface area contributed by atoms with Gasteiger partial charge in [-0.25, -0.2) is 4.98 Å². The smallest absolute Gasteiger partial charge is 0.251 e. The molecule has 116 valence electrons. The van der Waals surface area contributed by atoms with E-state index in [9.17, 15) is 4.79 Å². The third-order valence-corrected chi connectivity index (χ3v) is 4.68. The zero-order valence-corrected chi connectivity index (χ0v) is 13.6. The molecular formula is C17H27N3O. The Bertz CT molecular complexity index is 501. The summed E-state index contributed by atoms with van der Waals surface area (Å²) in [5.41, 5.74) is 1.69. The second kappa shape index (κ2) is 6.92. The quantitative estimate of drug-likeness (QED) is 0.875. The molecule has 1 heterocycles. The third-order valence-electron chi connectivity index (χ3n) is 4.68. The van der Waals surface area contributed by atoms with Gasteiger partial charge in [-0.05, 0) is 43.2 Å². The van der Waals surface area contributed by atoms with Crippen LogP contribution in [0.5, 0.6) is 0 Å². The molecule has 0 bridgehead atoms. The van der Waals surface area contributed by atoms with Crippen molar-refractivity contribution in [2.45, 2.75) is 52.5 Å². The molecule has 0 aliphatic heterocycles. The highest BCUT2D eigenvalue weighted by atomic mass is 16.1. The van der Waals surface area contributed by atoms with Gasteiger partial charge in [0.05, 0.1) is 0 Å². The van der Waals surface area contributed by atoms with Gasteiger partial charge in [-0.1, -0.05) is 27.2 Å². The minimum atomic E-state index is 0.0252. The van der Waals surface area contributed by atoms with Gasteiger partial charge < -0.3 is 10.6 Å². The van der Waals surface area contributed by atoms with E-state index in [1.54, 1.807) is 0 Å². The van der Waals surface area contributed by atoms with Crippen molar-refractivity contribution in [1.82, 2.24) is 10.3 Å². The molecule has 0 saturated heterocycles. The molecule has 1 aliphatic carbocycles. The van der Waals surface area contributed by atoms with Crippen LogP contribution >= 0.6 is 0 Å². The fourth-order valence-corrected chi connectivity index (χ4v) is 3.05. The zero-order chi connectivity index (χ0) is 15.4. The highest BCUT2D eigenvalue weighted by Crippen LogP contribution is 2.31. The first kappa shape index (κ1) is 15.8. The summed E-state index contributed by atoms with van der Waals surface area (Å²) >= 11 is 0. The standard InChI is InChI=1S/C17H27N3O/c1-5-6-14-9-13(10-16(18-4)19-14)17(21)20-15-8-7-11(2)12(15)3/h9-12,15H,5-8H2,1-4H3,(H,18,19)(H,20,21). The van der Waals surface area contributed by atoms with Gasteiger partial charge in [0, 0.05) is 24.3 Å². The molecular weight excluding hydrogens is 262 g/mol. The van der Waals surface area contributed by atoms with Crippen molar-refractivity contribution in [2.24, 2.45) is 11.8 Å². The Labute approximate surface area is 127 Å². The van der Waals surface area contributed by atoms with E-state index in [0.29, 0.717) is 23.4 Å². The number of anilines is 1. The average molecular weight is 289 g/mol. The Balaban J connectivity index is 2.13.